The number of carbonyl (C=O) groups is 1. The lowest BCUT2D eigenvalue weighted by Gasteiger charge is -2.14. The first-order valence-electron chi connectivity index (χ1n) is 17.4. The number of carboxylic acids is 1. The van der Waals surface area contributed by atoms with E-state index in [1.165, 1.54) is 11.8 Å². The summed E-state index contributed by atoms with van der Waals surface area (Å²) >= 11 is 0. The molecule has 0 amide bonds. The number of fused-ring (bicyclic) bond motifs is 2. The Morgan fingerprint density at radius 2 is 1.12 bits per heavy atom. The van der Waals surface area contributed by atoms with Crippen LogP contribution in [0.2, 0.25) is 0 Å². The van der Waals surface area contributed by atoms with Gasteiger partial charge in [-0.25, -0.2) is 19.3 Å². The van der Waals surface area contributed by atoms with E-state index in [0.717, 1.165) is 33.3 Å². The van der Waals surface area contributed by atoms with E-state index >= 15 is 0 Å². The highest BCUT2D eigenvalue weighted by atomic mass is 31.2. The lowest BCUT2D eigenvalue weighted by Crippen LogP contribution is -2.00. The summed E-state index contributed by atoms with van der Waals surface area (Å²) in [6.07, 6.45) is 6.62. The minimum absolute atomic E-state index is 0. The number of anilines is 1. The predicted molar refractivity (Wildman–Crippen MR) is 235 cm³/mol. The summed E-state index contributed by atoms with van der Waals surface area (Å²) in [6.45, 7) is 4.07. The lowest BCUT2D eigenvalue weighted by atomic mass is 10.0. The smallest absolute Gasteiger partial charge is 0.478 e. The standard InChI is InChI=1S/C16H12N2O2.C15H13N3.C12H10N3O3P.2CH4/c1-10-2-4-11(5-3-10)15-8-12(16(19)20)13-9-17-7-6-14(13)18-15;1-10-2-4-11(5-3-10)15-8-13(16)12-9-17-7-6-14(12)18-15;13-14-15-19(16,17-11-7-3-1-4-8-11)18-12-9-5-2-6-10-12;;/h2-9H,1H3,(H,19,20);2-9H,1H3,(H2,16,18);1-10H;2*1H4. The van der Waals surface area contributed by atoms with Crippen molar-refractivity contribution in [1.82, 2.24) is 19.9 Å². The molecule has 0 bridgehead atoms. The number of aromatic carboxylic acids is 1. The molecule has 0 radical (unpaired) electrons. The maximum absolute atomic E-state index is 12.3. The minimum Gasteiger partial charge on any atom is -0.478 e. The van der Waals surface area contributed by atoms with Crippen molar-refractivity contribution >= 4 is 41.2 Å². The molecule has 0 saturated carbocycles. The van der Waals surface area contributed by atoms with Crippen molar-refractivity contribution in [2.24, 2.45) is 4.88 Å². The number of hydrogen-bond acceptors (Lipinski definition) is 9. The number of aryl methyl sites for hydroxylation is 2. The molecule has 4 heterocycles. The summed E-state index contributed by atoms with van der Waals surface area (Å²) < 4.78 is 22.6. The molecule has 8 aromatic rings. The Balaban J connectivity index is 0.000000192. The van der Waals surface area contributed by atoms with Gasteiger partial charge in [-0.05, 0) is 67.9 Å². The normalized spacial score (nSPS) is 10.2. The highest BCUT2D eigenvalue weighted by molar-refractivity contribution is 7.53. The third-order valence-corrected chi connectivity index (χ3v) is 9.44. The first kappa shape index (κ1) is 44.1. The minimum atomic E-state index is -3.95. The van der Waals surface area contributed by atoms with E-state index in [9.17, 15) is 14.5 Å². The fraction of sp³-hybridized carbons (Fsp3) is 0.0889. The van der Waals surface area contributed by atoms with Gasteiger partial charge in [0.15, 0.2) is 0 Å². The van der Waals surface area contributed by atoms with Crippen LogP contribution in [0.3, 0.4) is 0 Å². The molecule has 0 fully saturated rings. The van der Waals surface area contributed by atoms with E-state index in [-0.39, 0.29) is 20.4 Å². The molecule has 0 unspecified atom stereocenters. The van der Waals surface area contributed by atoms with Gasteiger partial charge >= 0.3 is 13.7 Å². The number of benzene rings is 4. The van der Waals surface area contributed by atoms with E-state index in [1.54, 1.807) is 91.4 Å². The van der Waals surface area contributed by atoms with Crippen molar-refractivity contribution in [2.45, 2.75) is 28.7 Å². The maximum Gasteiger partial charge on any atom is 0.525 e. The summed E-state index contributed by atoms with van der Waals surface area (Å²) in [4.78, 5) is 34.2. The quantitative estimate of drug-likeness (QED) is 0.0644. The molecule has 0 aliphatic heterocycles. The fourth-order valence-electron chi connectivity index (χ4n) is 5.42. The largest absolute Gasteiger partial charge is 0.525 e. The molecule has 0 spiro atoms. The average molecular weight is 807 g/mol. The Kier molecular flexibility index (Phi) is 15.4. The molecular weight excluding hydrogens is 764 g/mol. The van der Waals surface area contributed by atoms with Crippen molar-refractivity contribution in [2.75, 3.05) is 5.73 Å². The number of hydrogen-bond donors (Lipinski definition) is 2. The molecule has 0 saturated heterocycles. The number of nitrogen functional groups attached to an aromatic ring is 1. The van der Waals surface area contributed by atoms with Gasteiger partial charge in [0.1, 0.15) is 11.5 Å². The molecule has 0 aliphatic rings. The van der Waals surface area contributed by atoms with Crippen LogP contribution < -0.4 is 14.8 Å². The van der Waals surface area contributed by atoms with E-state index in [4.69, 9.17) is 20.3 Å². The highest BCUT2D eigenvalue weighted by Crippen LogP contribution is 2.50. The van der Waals surface area contributed by atoms with Crippen LogP contribution in [0.1, 0.15) is 36.3 Å². The van der Waals surface area contributed by atoms with Crippen molar-refractivity contribution in [3.05, 3.63) is 185 Å². The van der Waals surface area contributed by atoms with Gasteiger partial charge in [0.2, 0.25) is 0 Å². The van der Waals surface area contributed by atoms with Gasteiger partial charge in [-0.15, -0.1) is 0 Å². The maximum atomic E-state index is 12.3. The molecule has 0 atom stereocenters. The summed E-state index contributed by atoms with van der Waals surface area (Å²) in [5.41, 5.74) is 22.9. The number of carboxylic acid groups (broad SMARTS) is 1. The van der Waals surface area contributed by atoms with Crippen LogP contribution in [0.4, 0.5) is 5.69 Å². The van der Waals surface area contributed by atoms with Crippen LogP contribution >= 0.6 is 7.75 Å². The number of para-hydroxylation sites is 2. The summed E-state index contributed by atoms with van der Waals surface area (Å²) in [5.74, 6) is -0.373. The highest BCUT2D eigenvalue weighted by Gasteiger charge is 2.26. The second-order valence-electron chi connectivity index (χ2n) is 12.4. The van der Waals surface area contributed by atoms with E-state index < -0.39 is 13.7 Å². The number of rotatable bonds is 8. The van der Waals surface area contributed by atoms with Gasteiger partial charge in [-0.3, -0.25) is 9.97 Å². The molecule has 8 rings (SSSR count). The monoisotopic (exact) mass is 806 g/mol. The molecule has 4 aromatic heterocycles. The van der Waals surface area contributed by atoms with Crippen LogP contribution in [0.15, 0.2) is 163 Å². The van der Waals surface area contributed by atoms with Crippen molar-refractivity contribution < 1.29 is 23.5 Å². The van der Waals surface area contributed by atoms with Crippen molar-refractivity contribution in [1.29, 1.82) is 0 Å². The van der Waals surface area contributed by atoms with Gasteiger partial charge < -0.3 is 19.9 Å². The zero-order chi connectivity index (χ0) is 40.2. The van der Waals surface area contributed by atoms with Gasteiger partial charge in [-0.2, -0.15) is 0 Å². The van der Waals surface area contributed by atoms with Crippen LogP contribution in [0, 0.1) is 13.8 Å². The molecule has 298 valence electrons. The Morgan fingerprint density at radius 3 is 1.58 bits per heavy atom. The van der Waals surface area contributed by atoms with Crippen LogP contribution in [0.5, 0.6) is 11.5 Å². The Hall–Kier alpha value is -7.59. The Bertz CT molecular complexity index is 2690. The van der Waals surface area contributed by atoms with Gasteiger partial charge in [0, 0.05) is 62.2 Å². The second kappa shape index (κ2) is 20.5. The van der Waals surface area contributed by atoms with Gasteiger partial charge in [-0.1, -0.05) is 111 Å². The topological polar surface area (TPSA) is 199 Å². The van der Waals surface area contributed by atoms with Crippen molar-refractivity contribution in [3.8, 4) is 34.0 Å². The second-order valence-corrected chi connectivity index (χ2v) is 13.9. The van der Waals surface area contributed by atoms with Gasteiger partial charge in [0.25, 0.3) is 0 Å². The molecule has 59 heavy (non-hydrogen) atoms. The first-order valence-corrected chi connectivity index (χ1v) is 18.9. The number of azide groups is 1. The Morgan fingerprint density at radius 1 is 0.678 bits per heavy atom. The van der Waals surface area contributed by atoms with E-state index in [1.807, 2.05) is 43.3 Å². The van der Waals surface area contributed by atoms with Crippen molar-refractivity contribution in [3.63, 3.8) is 0 Å². The lowest BCUT2D eigenvalue weighted by molar-refractivity contribution is 0.0699. The SMILES string of the molecule is C.C.Cc1ccc(-c2cc(C(=O)O)c3cnccc3n2)cc1.Cc1ccc(-c2cc(N)c3cnccc3n2)cc1.[N-]=[N+]=NP(=O)(Oc1ccccc1)Oc1ccccc1. The van der Waals surface area contributed by atoms with E-state index in [2.05, 4.69) is 60.9 Å². The number of nitrogens with two attached hydrogens (primary N) is 1. The average Bonchev–Trinajstić information content (AvgIpc) is 3.22. The fourth-order valence-corrected chi connectivity index (χ4v) is 6.40. The number of aromatic nitrogens is 4. The molecule has 0 aliphatic carbocycles. The van der Waals surface area contributed by atoms with Crippen LogP contribution in [-0.2, 0) is 4.57 Å². The zero-order valence-corrected chi connectivity index (χ0v) is 31.6. The molecule has 4 aromatic carbocycles. The molecule has 13 nitrogen and oxygen atoms in total. The number of nitrogens with zero attached hydrogens (tertiary/aromatic N) is 7. The third kappa shape index (κ3) is 11.7. The van der Waals surface area contributed by atoms with Crippen LogP contribution in [-0.4, -0.2) is 31.0 Å². The van der Waals surface area contributed by atoms with E-state index in [0.29, 0.717) is 33.8 Å². The summed E-state index contributed by atoms with van der Waals surface area (Å²) in [7, 11) is -3.95. The molecule has 3 N–H and O–H groups in total. The number of pyridine rings is 4. The van der Waals surface area contributed by atoms with Crippen LogP contribution in [0.25, 0.3) is 54.8 Å². The van der Waals surface area contributed by atoms with Gasteiger partial charge in [0.05, 0.1) is 28.0 Å². The predicted octanol–water partition coefficient (Wildman–Crippen LogP) is 12.3. The summed E-state index contributed by atoms with van der Waals surface area (Å²) in [6, 6.07) is 40.0. The summed E-state index contributed by atoms with van der Waals surface area (Å²) in [5, 5.41) is 10.8. The molecule has 14 heteroatoms. The molecular formula is C45H43N8O5P. The zero-order valence-electron chi connectivity index (χ0n) is 30.7. The third-order valence-electron chi connectivity index (χ3n) is 8.25. The first-order chi connectivity index (χ1) is 27.6. The Labute approximate surface area is 342 Å².